The number of halogens is 1. The fourth-order valence-electron chi connectivity index (χ4n) is 10.7. The summed E-state index contributed by atoms with van der Waals surface area (Å²) >= 11 is 0. The van der Waals surface area contributed by atoms with Gasteiger partial charge in [-0.2, -0.15) is 10.2 Å². The van der Waals surface area contributed by atoms with Crippen LogP contribution in [0.5, 0.6) is 5.75 Å². The fraction of sp³-hybridized carbons (Fsp3) is 0.476. The molecular weight excluding hydrogens is 655 g/mol. The number of H-pyrrole nitrogens is 1. The van der Waals surface area contributed by atoms with Crippen molar-refractivity contribution >= 4 is 16.5 Å². The smallest absolute Gasteiger partial charge is 0.272 e. The number of nitrogens with one attached hydrogen (secondary N) is 2. The Morgan fingerprint density at radius 1 is 1.04 bits per heavy atom. The van der Waals surface area contributed by atoms with Gasteiger partial charge in [-0.25, -0.2) is 14.5 Å². The number of aromatic hydroxyl groups is 1. The molecule has 52 heavy (non-hydrogen) atoms. The lowest BCUT2D eigenvalue weighted by molar-refractivity contribution is -0.0646. The van der Waals surface area contributed by atoms with Crippen LogP contribution in [-0.2, 0) is 24.6 Å². The van der Waals surface area contributed by atoms with Crippen molar-refractivity contribution in [3.8, 4) is 5.75 Å². The van der Waals surface area contributed by atoms with Crippen LogP contribution in [0.2, 0.25) is 0 Å². The summed E-state index contributed by atoms with van der Waals surface area (Å²) in [6, 6.07) is 17.1. The summed E-state index contributed by atoms with van der Waals surface area (Å²) in [6.07, 6.45) is 13.4. The molecule has 7 atom stereocenters. The first-order valence-corrected chi connectivity index (χ1v) is 19.1. The van der Waals surface area contributed by atoms with Gasteiger partial charge in [0.05, 0.1) is 29.1 Å². The predicted molar refractivity (Wildman–Crippen MR) is 198 cm³/mol. The number of nitrogens with zero attached hydrogens (tertiary/aromatic N) is 4. The molecule has 2 aromatic heterocycles. The van der Waals surface area contributed by atoms with Gasteiger partial charge in [-0.3, -0.25) is 9.48 Å². The van der Waals surface area contributed by atoms with Gasteiger partial charge in [-0.15, -0.1) is 0 Å². The van der Waals surface area contributed by atoms with Gasteiger partial charge in [0.2, 0.25) is 0 Å². The number of unbranched alkanes of at least 4 members (excludes halogenated alkanes) is 2. The summed E-state index contributed by atoms with van der Waals surface area (Å²) in [7, 11) is 1.84. The van der Waals surface area contributed by atoms with E-state index in [1.54, 1.807) is 4.68 Å². The van der Waals surface area contributed by atoms with E-state index in [4.69, 9.17) is 4.74 Å². The molecule has 3 aromatic carbocycles. The standard InChI is InChI=1S/C42H47FN6O3/c1-42-18-17-30-29-14-12-28(50)20-26(29)11-13-31(30)33(42)15-16-35(42)52-19-5-3-4-6-24-7-9-25(10-8-24)38-37(40-44-23-45-49(40)2)39-36-32(41(51)48-47-39)21-27(43)22-34(36)46-38/h7-10,12,14,20-23,30-31,33,35,37-38,46,50H,3-6,11,13,15-19H2,1-2H3,(H,48,51)/t30-,31-,33+,35+,37-,38-,42+/m1/s1. The average molecular weight is 703 g/mol. The van der Waals surface area contributed by atoms with Crippen molar-refractivity contribution in [3.63, 3.8) is 0 Å². The summed E-state index contributed by atoms with van der Waals surface area (Å²) in [6.45, 7) is 3.33. The van der Waals surface area contributed by atoms with Crippen LogP contribution in [-0.4, -0.2) is 42.8 Å². The maximum atomic E-state index is 14.6. The van der Waals surface area contributed by atoms with Gasteiger partial charge in [-0.1, -0.05) is 43.7 Å². The largest absolute Gasteiger partial charge is 0.508 e. The molecule has 0 saturated heterocycles. The number of fused-ring (bicyclic) bond motifs is 5. The first-order chi connectivity index (χ1) is 25.3. The molecule has 9 nitrogen and oxygen atoms in total. The Morgan fingerprint density at radius 2 is 1.90 bits per heavy atom. The van der Waals surface area contributed by atoms with E-state index in [9.17, 15) is 14.3 Å². The maximum absolute atomic E-state index is 14.6. The molecule has 3 heterocycles. The number of rotatable bonds is 9. The molecule has 0 spiro atoms. The van der Waals surface area contributed by atoms with E-state index in [1.165, 1.54) is 67.3 Å². The number of aromatic amines is 1. The summed E-state index contributed by atoms with van der Waals surface area (Å²) in [4.78, 5) is 17.2. The fourth-order valence-corrected chi connectivity index (χ4v) is 10.7. The molecule has 10 heteroatoms. The molecule has 2 fully saturated rings. The van der Waals surface area contributed by atoms with Crippen LogP contribution in [0.15, 0.2) is 65.7 Å². The van der Waals surface area contributed by atoms with Crippen LogP contribution in [0.3, 0.4) is 0 Å². The zero-order valence-electron chi connectivity index (χ0n) is 29.9. The third kappa shape index (κ3) is 5.61. The third-order valence-electron chi connectivity index (χ3n) is 13.2. The Morgan fingerprint density at radius 3 is 2.73 bits per heavy atom. The van der Waals surface area contributed by atoms with Crippen molar-refractivity contribution < 1.29 is 14.2 Å². The number of phenols is 1. The molecular formula is C42H47FN6O3. The number of ether oxygens (including phenoxy) is 1. The number of phenolic OH excluding ortho intramolecular Hbond substituents is 1. The van der Waals surface area contributed by atoms with Gasteiger partial charge in [0.25, 0.3) is 5.56 Å². The van der Waals surface area contributed by atoms with Gasteiger partial charge in [0, 0.05) is 24.7 Å². The SMILES string of the molecule is Cn1ncnc1[C@H]1c2n[nH]c(=O)c3cc(F)cc(c23)N[C@@H]1c1ccc(CCCCCO[C@H]2CC[C@H]3[C@@H]4CCc5cc(O)ccc5[C@H]4CC[C@]23C)cc1. The van der Waals surface area contributed by atoms with Crippen LogP contribution < -0.4 is 10.9 Å². The molecule has 3 N–H and O–H groups in total. The van der Waals surface area contributed by atoms with Gasteiger partial charge in [0.15, 0.2) is 0 Å². The summed E-state index contributed by atoms with van der Waals surface area (Å²) in [5, 5.41) is 25.8. The van der Waals surface area contributed by atoms with Crippen molar-refractivity contribution in [2.24, 2.45) is 24.3 Å². The first kappa shape index (κ1) is 33.3. The highest BCUT2D eigenvalue weighted by molar-refractivity contribution is 5.97. The molecule has 0 unspecified atom stereocenters. The topological polar surface area (TPSA) is 118 Å². The highest BCUT2D eigenvalue weighted by Crippen LogP contribution is 2.61. The number of anilines is 1. The summed E-state index contributed by atoms with van der Waals surface area (Å²) in [5.41, 5.74) is 6.19. The minimum Gasteiger partial charge on any atom is -0.508 e. The summed E-state index contributed by atoms with van der Waals surface area (Å²) < 4.78 is 23.1. The number of aromatic nitrogens is 5. The van der Waals surface area contributed by atoms with Crippen LogP contribution in [0.1, 0.15) is 110 Å². The second-order valence-electron chi connectivity index (χ2n) is 16.0. The Hall–Kier alpha value is -4.57. The molecule has 0 radical (unpaired) electrons. The van der Waals surface area contributed by atoms with E-state index >= 15 is 0 Å². The van der Waals surface area contributed by atoms with E-state index in [0.717, 1.165) is 56.1 Å². The number of hydrogen-bond acceptors (Lipinski definition) is 7. The minimum atomic E-state index is -0.475. The van der Waals surface area contributed by atoms with E-state index in [1.807, 2.05) is 19.2 Å². The summed E-state index contributed by atoms with van der Waals surface area (Å²) in [5.74, 6) is 2.37. The van der Waals surface area contributed by atoms with Gasteiger partial charge in [0.1, 0.15) is 23.7 Å². The molecule has 9 rings (SSSR count). The van der Waals surface area contributed by atoms with Crippen molar-refractivity contribution in [3.05, 3.63) is 111 Å². The Bertz CT molecular complexity index is 2180. The Kier molecular flexibility index (Phi) is 8.40. The Labute approximate surface area is 303 Å². The first-order valence-electron chi connectivity index (χ1n) is 19.1. The lowest BCUT2D eigenvalue weighted by atomic mass is 9.55. The van der Waals surface area contributed by atoms with Crippen molar-refractivity contribution in [2.45, 2.75) is 95.1 Å². The maximum Gasteiger partial charge on any atom is 0.272 e. The lowest BCUT2D eigenvalue weighted by Gasteiger charge is -2.50. The van der Waals surface area contributed by atoms with Gasteiger partial charge >= 0.3 is 0 Å². The highest BCUT2D eigenvalue weighted by atomic mass is 19.1. The van der Waals surface area contributed by atoms with Gasteiger partial charge in [-0.05, 0) is 127 Å². The van der Waals surface area contributed by atoms with Crippen LogP contribution in [0, 0.1) is 23.1 Å². The number of hydrogen-bond donors (Lipinski definition) is 3. The van der Waals surface area contributed by atoms with Crippen molar-refractivity contribution in [1.82, 2.24) is 25.0 Å². The molecule has 5 aromatic rings. The third-order valence-corrected chi connectivity index (χ3v) is 13.2. The normalized spacial score (nSPS) is 27.5. The zero-order chi connectivity index (χ0) is 35.6. The number of aryl methyl sites for hydroxylation is 3. The van der Waals surface area contributed by atoms with E-state index in [-0.39, 0.29) is 22.8 Å². The van der Waals surface area contributed by atoms with Crippen molar-refractivity contribution in [1.29, 1.82) is 0 Å². The second kappa shape index (κ2) is 13.1. The quantitative estimate of drug-likeness (QED) is 0.134. The van der Waals surface area contributed by atoms with Gasteiger partial charge < -0.3 is 15.2 Å². The second-order valence-corrected chi connectivity index (χ2v) is 16.0. The van der Waals surface area contributed by atoms with E-state index < -0.39 is 11.4 Å². The molecule has 3 aliphatic carbocycles. The van der Waals surface area contributed by atoms with Crippen LogP contribution in [0.25, 0.3) is 10.8 Å². The average Bonchev–Trinajstić information content (AvgIpc) is 3.72. The highest BCUT2D eigenvalue weighted by Gasteiger charge is 2.55. The Balaban J connectivity index is 0.807. The van der Waals surface area contributed by atoms with E-state index in [0.29, 0.717) is 40.4 Å². The molecule has 4 aliphatic rings. The van der Waals surface area contributed by atoms with Crippen LogP contribution >= 0.6 is 0 Å². The minimum absolute atomic E-state index is 0.265. The molecule has 0 bridgehead atoms. The molecule has 1 aliphatic heterocycles. The molecule has 270 valence electrons. The van der Waals surface area contributed by atoms with Crippen molar-refractivity contribution in [2.75, 3.05) is 11.9 Å². The number of benzene rings is 3. The predicted octanol–water partition coefficient (Wildman–Crippen LogP) is 7.85. The molecule has 2 saturated carbocycles. The molecule has 0 amide bonds. The monoisotopic (exact) mass is 702 g/mol. The van der Waals surface area contributed by atoms with E-state index in [2.05, 4.69) is 62.9 Å². The van der Waals surface area contributed by atoms with Crippen LogP contribution in [0.4, 0.5) is 10.1 Å². The zero-order valence-corrected chi connectivity index (χ0v) is 29.9. The lowest BCUT2D eigenvalue weighted by Crippen LogP contribution is -2.44.